The van der Waals surface area contributed by atoms with E-state index in [-0.39, 0.29) is 0 Å². The Bertz CT molecular complexity index is 1930. The van der Waals surface area contributed by atoms with Crippen molar-refractivity contribution in [3.8, 4) is 0 Å². The predicted octanol–water partition coefficient (Wildman–Crippen LogP) is 10.9. The summed E-state index contributed by atoms with van der Waals surface area (Å²) in [7, 11) is 0. The fraction of sp³-hybridized carbons (Fsp3) is 0.0976. The topological polar surface area (TPSA) is 43.3 Å². The lowest BCUT2D eigenvalue weighted by atomic mass is 9.98. The minimum absolute atomic E-state index is 0.861. The number of para-hydroxylation sites is 1. The molecule has 0 aliphatic rings. The van der Waals surface area contributed by atoms with Crippen LogP contribution >= 0.6 is 0 Å². The average Bonchev–Trinajstić information content (AvgIpc) is 3.34. The van der Waals surface area contributed by atoms with Gasteiger partial charge in [-0.3, -0.25) is 9.67 Å². The van der Waals surface area contributed by atoms with Crippen molar-refractivity contribution in [2.24, 2.45) is 4.99 Å². The molecule has 44 heavy (non-hydrogen) atoms. The van der Waals surface area contributed by atoms with Crippen molar-refractivity contribution in [2.45, 2.75) is 27.2 Å². The Hall–Kier alpha value is -5.41. The summed E-state index contributed by atoms with van der Waals surface area (Å²) in [6.07, 6.45) is 16.8. The van der Waals surface area contributed by atoms with Crippen LogP contribution in [0.25, 0.3) is 45.6 Å². The van der Waals surface area contributed by atoms with E-state index in [0.29, 0.717) is 0 Å². The first-order chi connectivity index (χ1) is 21.4. The minimum atomic E-state index is 0.861. The quantitative estimate of drug-likeness (QED) is 0.106. The van der Waals surface area contributed by atoms with Gasteiger partial charge in [0.15, 0.2) is 0 Å². The van der Waals surface area contributed by atoms with E-state index in [2.05, 4.69) is 105 Å². The zero-order chi connectivity index (χ0) is 31.6. The number of hydrogen-bond donors (Lipinski definition) is 1. The van der Waals surface area contributed by atoms with Crippen LogP contribution in [0.1, 0.15) is 52.8 Å². The number of fused-ring (bicyclic) bond motifs is 3. The van der Waals surface area contributed by atoms with E-state index in [1.54, 1.807) is 4.68 Å². The molecule has 5 rings (SSSR count). The summed E-state index contributed by atoms with van der Waals surface area (Å²) >= 11 is 0. The Balaban J connectivity index is 0.000000201. The van der Waals surface area contributed by atoms with Crippen molar-refractivity contribution in [1.82, 2.24) is 4.68 Å². The molecule has 0 aliphatic carbocycles. The minimum Gasteiger partial charge on any atom is -0.339 e. The highest BCUT2D eigenvalue weighted by Crippen LogP contribution is 2.36. The van der Waals surface area contributed by atoms with Crippen LogP contribution in [0, 0.1) is 6.92 Å². The zero-order valence-electron chi connectivity index (χ0n) is 26.1. The van der Waals surface area contributed by atoms with Crippen LogP contribution in [0.3, 0.4) is 0 Å². The maximum atomic E-state index is 6.40. The van der Waals surface area contributed by atoms with Crippen LogP contribution in [-0.4, -0.2) is 11.4 Å². The number of aryl methyl sites for hydroxylation is 1. The molecule has 220 valence electrons. The van der Waals surface area contributed by atoms with Crippen LogP contribution in [-0.2, 0) is 6.42 Å². The fourth-order valence-corrected chi connectivity index (χ4v) is 5.58. The second-order valence-electron chi connectivity index (χ2n) is 10.5. The van der Waals surface area contributed by atoms with Crippen LogP contribution in [0.15, 0.2) is 128 Å². The van der Waals surface area contributed by atoms with E-state index in [1.807, 2.05) is 68.5 Å². The molecule has 0 aliphatic heterocycles. The highest BCUT2D eigenvalue weighted by atomic mass is 15.3. The Morgan fingerprint density at radius 1 is 0.864 bits per heavy atom. The molecule has 0 spiro atoms. The first-order valence-corrected chi connectivity index (χ1v) is 14.7. The van der Waals surface area contributed by atoms with Crippen LogP contribution < -0.4 is 5.84 Å². The van der Waals surface area contributed by atoms with Gasteiger partial charge in [-0.1, -0.05) is 129 Å². The molecule has 1 heterocycles. The lowest BCUT2D eigenvalue weighted by Crippen LogP contribution is -2.08. The number of rotatable bonds is 9. The second kappa shape index (κ2) is 14.7. The van der Waals surface area contributed by atoms with Gasteiger partial charge in [0.05, 0.1) is 16.7 Å². The maximum absolute atomic E-state index is 6.40. The summed E-state index contributed by atoms with van der Waals surface area (Å²) in [6, 6.07) is 25.1. The maximum Gasteiger partial charge on any atom is 0.0778 e. The smallest absolute Gasteiger partial charge is 0.0778 e. The standard InChI is InChI=1S/C21H21N.C20H20N2/c1-4-8-18(9-5-2)19-14-12-17(13-15-19)16-20-10-6-7-11-21(20)22-3;1-5-8-16-14(6-2)10-12-18-19(16)17-11-9-13(4)15(7-3)20(17)22(18)21/h4-15H,1,3,16H2,2H3;5-12H,2-3,21H2,1,4H3/b9-5-,18-8+;8-5-. The van der Waals surface area contributed by atoms with Crippen LogP contribution in [0.5, 0.6) is 0 Å². The monoisotopic (exact) mass is 575 g/mol. The van der Waals surface area contributed by atoms with Gasteiger partial charge >= 0.3 is 0 Å². The summed E-state index contributed by atoms with van der Waals surface area (Å²) in [5.41, 5.74) is 12.3. The molecule has 2 N–H and O–H groups in total. The van der Waals surface area contributed by atoms with Gasteiger partial charge in [0.25, 0.3) is 0 Å². The molecule has 0 radical (unpaired) electrons. The molecule has 0 atom stereocenters. The first kappa shape index (κ1) is 31.5. The van der Waals surface area contributed by atoms with Gasteiger partial charge in [-0.15, -0.1) is 0 Å². The predicted molar refractivity (Wildman–Crippen MR) is 197 cm³/mol. The zero-order valence-corrected chi connectivity index (χ0v) is 26.1. The van der Waals surface area contributed by atoms with Crippen LogP contribution in [0.2, 0.25) is 0 Å². The third kappa shape index (κ3) is 6.48. The van der Waals surface area contributed by atoms with Crippen molar-refractivity contribution in [3.63, 3.8) is 0 Å². The number of nitrogens with zero attached hydrogens (tertiary/aromatic N) is 2. The number of aromatic nitrogens is 1. The highest BCUT2D eigenvalue weighted by Gasteiger charge is 2.16. The van der Waals surface area contributed by atoms with E-state index in [9.17, 15) is 0 Å². The normalized spacial score (nSPS) is 11.6. The molecule has 1 aromatic heterocycles. The molecule has 4 aromatic carbocycles. The van der Waals surface area contributed by atoms with Gasteiger partial charge in [-0.05, 0) is 85.0 Å². The number of allylic oxidation sites excluding steroid dienone is 6. The molecule has 0 bridgehead atoms. The van der Waals surface area contributed by atoms with Crippen molar-refractivity contribution < 1.29 is 0 Å². The molecule has 0 fully saturated rings. The lowest BCUT2D eigenvalue weighted by molar-refractivity contribution is 1.11. The Morgan fingerprint density at radius 2 is 1.61 bits per heavy atom. The third-order valence-electron chi connectivity index (χ3n) is 7.71. The Kier molecular flexibility index (Phi) is 10.5. The molecule has 5 aromatic rings. The number of nitrogens with two attached hydrogens (primary N) is 1. The van der Waals surface area contributed by atoms with Crippen molar-refractivity contribution >= 4 is 58.0 Å². The molecular formula is C41H41N3. The van der Waals surface area contributed by atoms with E-state index in [0.717, 1.165) is 56.2 Å². The summed E-state index contributed by atoms with van der Waals surface area (Å²) in [4.78, 5) is 4.08. The molecule has 0 saturated heterocycles. The van der Waals surface area contributed by atoms with Crippen molar-refractivity contribution in [2.75, 3.05) is 5.84 Å². The molecule has 0 amide bonds. The summed E-state index contributed by atoms with van der Waals surface area (Å²) < 4.78 is 1.77. The summed E-state index contributed by atoms with van der Waals surface area (Å²) in [5.74, 6) is 6.40. The SMILES string of the molecule is C=C/C=C(\C=C/C)c1ccc(Cc2ccccc2N=C)cc1.C=Cc1ccc2c(c1/C=C\C)c1ccc(C)c(C=C)c1n2N. The van der Waals surface area contributed by atoms with Gasteiger partial charge in [-0.25, -0.2) is 0 Å². The first-order valence-electron chi connectivity index (χ1n) is 14.7. The van der Waals surface area contributed by atoms with Gasteiger partial charge < -0.3 is 5.84 Å². The Morgan fingerprint density at radius 3 is 2.25 bits per heavy atom. The number of aliphatic imine (C=N–C) groups is 1. The number of benzene rings is 4. The van der Waals surface area contributed by atoms with E-state index >= 15 is 0 Å². The third-order valence-corrected chi connectivity index (χ3v) is 7.71. The largest absolute Gasteiger partial charge is 0.339 e. The van der Waals surface area contributed by atoms with E-state index < -0.39 is 0 Å². The van der Waals surface area contributed by atoms with Gasteiger partial charge in [0.2, 0.25) is 0 Å². The van der Waals surface area contributed by atoms with E-state index in [4.69, 9.17) is 5.84 Å². The fourth-order valence-electron chi connectivity index (χ4n) is 5.58. The van der Waals surface area contributed by atoms with Crippen LogP contribution in [0.4, 0.5) is 5.69 Å². The molecule has 0 saturated carbocycles. The van der Waals surface area contributed by atoms with Crippen molar-refractivity contribution in [3.05, 3.63) is 162 Å². The van der Waals surface area contributed by atoms with E-state index in [1.165, 1.54) is 22.3 Å². The summed E-state index contributed by atoms with van der Waals surface area (Å²) in [5, 5.41) is 2.31. The highest BCUT2D eigenvalue weighted by molar-refractivity contribution is 6.15. The molecular weight excluding hydrogens is 534 g/mol. The molecule has 3 heteroatoms. The molecule has 0 unspecified atom stereocenters. The Labute approximate surface area is 262 Å². The number of nitrogen functional groups attached to an aromatic ring is 1. The summed E-state index contributed by atoms with van der Waals surface area (Å²) in [6.45, 7) is 21.4. The second-order valence-corrected chi connectivity index (χ2v) is 10.5. The molecule has 3 nitrogen and oxygen atoms in total. The average molecular weight is 576 g/mol. The van der Waals surface area contributed by atoms with Crippen molar-refractivity contribution in [1.29, 1.82) is 0 Å². The van der Waals surface area contributed by atoms with Gasteiger partial charge in [0, 0.05) is 16.3 Å². The van der Waals surface area contributed by atoms with Gasteiger partial charge in [0.1, 0.15) is 0 Å². The van der Waals surface area contributed by atoms with Gasteiger partial charge in [-0.2, -0.15) is 0 Å². The lowest BCUT2D eigenvalue weighted by Gasteiger charge is -2.07. The number of hydrogen-bond acceptors (Lipinski definition) is 2.